The van der Waals surface area contributed by atoms with E-state index in [1.807, 2.05) is 31.2 Å². The van der Waals surface area contributed by atoms with Crippen LogP contribution in [0.1, 0.15) is 30.9 Å². The lowest BCUT2D eigenvalue weighted by molar-refractivity contribution is -0.114. The lowest BCUT2D eigenvalue weighted by Crippen LogP contribution is -2.38. The number of carbonyl (C=O) groups is 1. The Morgan fingerprint density at radius 2 is 1.69 bits per heavy atom. The average molecular weight is 471 g/mol. The molecule has 1 N–H and O–H groups in total. The maximum Gasteiger partial charge on any atom is 0.264 e. The van der Waals surface area contributed by atoms with Crippen molar-refractivity contribution in [2.24, 2.45) is 0 Å². The summed E-state index contributed by atoms with van der Waals surface area (Å²) in [6.07, 6.45) is 3.21. The van der Waals surface area contributed by atoms with E-state index in [4.69, 9.17) is 11.6 Å². The topological polar surface area (TPSA) is 66.5 Å². The number of unbranched alkanes of at least 4 members (excludes halogenated alkanes) is 1. The predicted molar refractivity (Wildman–Crippen MR) is 131 cm³/mol. The molecule has 0 bridgehead atoms. The number of hydrogen-bond acceptors (Lipinski definition) is 3. The zero-order chi connectivity index (χ0) is 23.1. The van der Waals surface area contributed by atoms with E-state index < -0.39 is 15.9 Å². The quantitative estimate of drug-likeness (QED) is 0.428. The summed E-state index contributed by atoms with van der Waals surface area (Å²) in [5.74, 6) is -0.443. The molecule has 3 rings (SSSR count). The smallest absolute Gasteiger partial charge is 0.264 e. The number of benzene rings is 3. The molecular formula is C25H27ClN2O3S. The number of amides is 1. The van der Waals surface area contributed by atoms with Crippen LogP contribution in [0.4, 0.5) is 11.4 Å². The Balaban J connectivity index is 1.84. The second kappa shape index (κ2) is 10.7. The molecule has 0 spiro atoms. The maximum absolute atomic E-state index is 13.4. The monoisotopic (exact) mass is 470 g/mol. The van der Waals surface area contributed by atoms with Gasteiger partial charge in [0, 0.05) is 10.7 Å². The molecule has 0 aliphatic heterocycles. The maximum atomic E-state index is 13.4. The van der Waals surface area contributed by atoms with E-state index in [9.17, 15) is 13.2 Å². The number of nitrogens with zero attached hydrogens (tertiary/aromatic N) is 1. The summed E-state index contributed by atoms with van der Waals surface area (Å²) in [5.41, 5.74) is 3.09. The molecule has 0 aliphatic carbocycles. The van der Waals surface area contributed by atoms with Crippen LogP contribution in [0.5, 0.6) is 0 Å². The summed E-state index contributed by atoms with van der Waals surface area (Å²) >= 11 is 6.10. The van der Waals surface area contributed by atoms with Crippen molar-refractivity contribution in [1.82, 2.24) is 0 Å². The number of carbonyl (C=O) groups excluding carboxylic acids is 1. The molecule has 5 nitrogen and oxygen atoms in total. The van der Waals surface area contributed by atoms with E-state index in [-0.39, 0.29) is 11.4 Å². The number of anilines is 2. The molecule has 0 unspecified atom stereocenters. The zero-order valence-electron chi connectivity index (χ0n) is 18.2. The van der Waals surface area contributed by atoms with Crippen LogP contribution in [0.2, 0.25) is 5.02 Å². The number of sulfonamides is 1. The Kier molecular flexibility index (Phi) is 7.94. The summed E-state index contributed by atoms with van der Waals surface area (Å²) in [6, 6.07) is 20.6. The predicted octanol–water partition coefficient (Wildman–Crippen LogP) is 5.83. The van der Waals surface area contributed by atoms with Crippen LogP contribution in [-0.4, -0.2) is 20.9 Å². The van der Waals surface area contributed by atoms with Crippen LogP contribution in [0, 0.1) is 6.92 Å². The van der Waals surface area contributed by atoms with E-state index in [1.54, 1.807) is 30.3 Å². The van der Waals surface area contributed by atoms with Crippen molar-refractivity contribution in [3.8, 4) is 0 Å². The van der Waals surface area contributed by atoms with Gasteiger partial charge < -0.3 is 5.32 Å². The first kappa shape index (κ1) is 23.8. The first-order valence-corrected chi connectivity index (χ1v) is 12.3. The Morgan fingerprint density at radius 1 is 1.00 bits per heavy atom. The molecule has 1 amide bonds. The second-order valence-electron chi connectivity index (χ2n) is 7.65. The Labute approximate surface area is 195 Å². The molecule has 7 heteroatoms. The van der Waals surface area contributed by atoms with Crippen molar-refractivity contribution in [3.63, 3.8) is 0 Å². The van der Waals surface area contributed by atoms with Crippen molar-refractivity contribution in [3.05, 3.63) is 88.9 Å². The highest BCUT2D eigenvalue weighted by molar-refractivity contribution is 7.92. The summed E-state index contributed by atoms with van der Waals surface area (Å²) in [5, 5.41) is 3.18. The molecule has 0 aromatic heterocycles. The van der Waals surface area contributed by atoms with Gasteiger partial charge in [0.05, 0.1) is 10.6 Å². The number of rotatable bonds is 9. The lowest BCUT2D eigenvalue weighted by Gasteiger charge is -2.24. The third kappa shape index (κ3) is 6.11. The molecular weight excluding hydrogens is 444 g/mol. The normalized spacial score (nSPS) is 11.2. The van der Waals surface area contributed by atoms with Crippen molar-refractivity contribution in [1.29, 1.82) is 0 Å². The van der Waals surface area contributed by atoms with Gasteiger partial charge in [0.2, 0.25) is 5.91 Å². The third-order valence-corrected chi connectivity index (χ3v) is 7.07. The number of nitrogens with one attached hydrogen (secondary N) is 1. The Bertz CT molecular complexity index is 1160. The number of halogens is 1. The summed E-state index contributed by atoms with van der Waals surface area (Å²) in [4.78, 5) is 12.9. The number of hydrogen-bond donors (Lipinski definition) is 1. The Morgan fingerprint density at radius 3 is 2.31 bits per heavy atom. The molecule has 0 saturated carbocycles. The standard InChI is InChI=1S/C25H27ClN2O3S/c1-3-4-6-20-11-13-22(14-12-20)27-25(29)18-28(23-8-5-7-21(26)17-23)32(30,31)24-15-9-19(2)10-16-24/h5,7-17H,3-4,6,18H2,1-2H3,(H,27,29). The first-order chi connectivity index (χ1) is 15.3. The van der Waals surface area contributed by atoms with Crippen molar-refractivity contribution >= 4 is 38.9 Å². The van der Waals surface area contributed by atoms with E-state index in [0.29, 0.717) is 16.4 Å². The van der Waals surface area contributed by atoms with Crippen LogP contribution in [0.15, 0.2) is 77.7 Å². The first-order valence-electron chi connectivity index (χ1n) is 10.5. The van der Waals surface area contributed by atoms with Gasteiger partial charge in [-0.1, -0.05) is 60.8 Å². The number of aryl methyl sites for hydroxylation is 2. The van der Waals surface area contributed by atoms with Gasteiger partial charge in [-0.3, -0.25) is 9.10 Å². The van der Waals surface area contributed by atoms with Crippen molar-refractivity contribution < 1.29 is 13.2 Å². The fraction of sp³-hybridized carbons (Fsp3) is 0.240. The Hall–Kier alpha value is -2.83. The third-order valence-electron chi connectivity index (χ3n) is 5.05. The molecule has 0 atom stereocenters. The highest BCUT2D eigenvalue weighted by Crippen LogP contribution is 2.26. The molecule has 0 heterocycles. The van der Waals surface area contributed by atoms with Gasteiger partial charge in [0.1, 0.15) is 6.54 Å². The fourth-order valence-corrected chi connectivity index (χ4v) is 4.85. The molecule has 0 radical (unpaired) electrons. The van der Waals surface area contributed by atoms with Gasteiger partial charge in [-0.05, 0) is 67.8 Å². The summed E-state index contributed by atoms with van der Waals surface area (Å²) in [6.45, 7) is 3.64. The molecule has 3 aromatic carbocycles. The molecule has 0 aliphatic rings. The highest BCUT2D eigenvalue weighted by Gasteiger charge is 2.27. The zero-order valence-corrected chi connectivity index (χ0v) is 19.8. The van der Waals surface area contributed by atoms with Crippen LogP contribution >= 0.6 is 11.6 Å². The summed E-state index contributed by atoms with van der Waals surface area (Å²) in [7, 11) is -3.98. The van der Waals surface area contributed by atoms with E-state index in [1.165, 1.54) is 23.8 Å². The van der Waals surface area contributed by atoms with Gasteiger partial charge >= 0.3 is 0 Å². The van der Waals surface area contributed by atoms with Gasteiger partial charge in [-0.2, -0.15) is 0 Å². The van der Waals surface area contributed by atoms with Gasteiger partial charge in [-0.25, -0.2) is 8.42 Å². The van der Waals surface area contributed by atoms with Gasteiger partial charge in [0.25, 0.3) is 10.0 Å². The minimum Gasteiger partial charge on any atom is -0.325 e. The van der Waals surface area contributed by atoms with Crippen molar-refractivity contribution in [2.75, 3.05) is 16.2 Å². The van der Waals surface area contributed by atoms with Crippen molar-refractivity contribution in [2.45, 2.75) is 38.0 Å². The average Bonchev–Trinajstić information content (AvgIpc) is 2.77. The fourth-order valence-electron chi connectivity index (χ4n) is 3.25. The highest BCUT2D eigenvalue weighted by atomic mass is 35.5. The molecule has 0 fully saturated rings. The second-order valence-corrected chi connectivity index (χ2v) is 9.95. The van der Waals surface area contributed by atoms with Crippen LogP contribution in [0.25, 0.3) is 0 Å². The SMILES string of the molecule is CCCCc1ccc(NC(=O)CN(c2cccc(Cl)c2)S(=O)(=O)c2ccc(C)cc2)cc1. The van der Waals surface area contributed by atoms with E-state index in [0.717, 1.165) is 29.1 Å². The van der Waals surface area contributed by atoms with E-state index in [2.05, 4.69) is 12.2 Å². The van der Waals surface area contributed by atoms with Gasteiger partial charge in [-0.15, -0.1) is 0 Å². The minimum absolute atomic E-state index is 0.108. The van der Waals surface area contributed by atoms with Crippen LogP contribution in [-0.2, 0) is 21.2 Å². The van der Waals surface area contributed by atoms with Crippen LogP contribution in [0.3, 0.4) is 0 Å². The molecule has 3 aromatic rings. The van der Waals surface area contributed by atoms with Crippen LogP contribution < -0.4 is 9.62 Å². The molecule has 0 saturated heterocycles. The summed E-state index contributed by atoms with van der Waals surface area (Å²) < 4.78 is 27.9. The largest absolute Gasteiger partial charge is 0.325 e. The minimum atomic E-state index is -3.98. The molecule has 32 heavy (non-hydrogen) atoms. The lowest BCUT2D eigenvalue weighted by atomic mass is 10.1. The van der Waals surface area contributed by atoms with E-state index >= 15 is 0 Å². The van der Waals surface area contributed by atoms with Gasteiger partial charge in [0.15, 0.2) is 0 Å². The molecule has 168 valence electrons.